The number of aromatic nitrogens is 2. The fourth-order valence-corrected chi connectivity index (χ4v) is 2.26. The van der Waals surface area contributed by atoms with E-state index in [9.17, 15) is 22.8 Å². The van der Waals surface area contributed by atoms with E-state index >= 15 is 0 Å². The molecule has 0 saturated heterocycles. The lowest BCUT2D eigenvalue weighted by atomic mass is 10.2. The van der Waals surface area contributed by atoms with E-state index in [1.165, 1.54) is 18.2 Å². The second-order valence-corrected chi connectivity index (χ2v) is 5.27. The number of rotatable bonds is 5. The van der Waals surface area contributed by atoms with Crippen molar-refractivity contribution in [3.8, 4) is 0 Å². The number of ether oxygens (including phenoxy) is 1. The minimum Gasteiger partial charge on any atom is -0.462 e. The summed E-state index contributed by atoms with van der Waals surface area (Å²) in [6.07, 6.45) is -3.85. The number of hydrogen-bond donors (Lipinski definition) is 1. The third-order valence-corrected chi connectivity index (χ3v) is 3.49. The molecular weight excluding hydrogens is 375 g/mol. The molecular formula is C16H13ClF3N3O3. The number of carbonyl (C=O) groups excluding carboxylic acids is 1. The molecule has 0 radical (unpaired) electrons. The fraction of sp³-hybridized carbons (Fsp3) is 0.188. The topological polar surface area (TPSA) is 73.2 Å². The molecule has 0 bridgehead atoms. The Balaban J connectivity index is 2.62. The van der Waals surface area contributed by atoms with Crippen LogP contribution in [0.2, 0.25) is 5.02 Å². The molecule has 0 amide bonds. The van der Waals surface area contributed by atoms with E-state index < -0.39 is 29.3 Å². The zero-order valence-corrected chi connectivity index (χ0v) is 14.2. The van der Waals surface area contributed by atoms with Crippen molar-refractivity contribution < 1.29 is 22.7 Å². The number of nitrogens with zero attached hydrogens (tertiary/aromatic N) is 2. The average molecular weight is 388 g/mol. The van der Waals surface area contributed by atoms with Gasteiger partial charge in [-0.2, -0.15) is 13.2 Å². The minimum absolute atomic E-state index is 0.0258. The number of esters is 1. The summed E-state index contributed by atoms with van der Waals surface area (Å²) in [6.45, 7) is 5.06. The normalized spacial score (nSPS) is 11.1. The third-order valence-electron chi connectivity index (χ3n) is 3.17. The number of benzene rings is 1. The second-order valence-electron chi connectivity index (χ2n) is 4.86. The van der Waals surface area contributed by atoms with Crippen LogP contribution in [0.25, 0.3) is 6.20 Å². The summed E-state index contributed by atoms with van der Waals surface area (Å²) in [5, 5.41) is 2.53. The minimum atomic E-state index is -4.83. The Morgan fingerprint density at radius 1 is 1.46 bits per heavy atom. The molecule has 0 atom stereocenters. The van der Waals surface area contributed by atoms with Gasteiger partial charge in [0.1, 0.15) is 0 Å². The van der Waals surface area contributed by atoms with Gasteiger partial charge in [-0.1, -0.05) is 24.2 Å². The maximum absolute atomic E-state index is 12.9. The fourth-order valence-electron chi connectivity index (χ4n) is 2.04. The molecule has 6 nitrogen and oxygen atoms in total. The average Bonchev–Trinajstić information content (AvgIpc) is 2.55. The molecule has 26 heavy (non-hydrogen) atoms. The van der Waals surface area contributed by atoms with Gasteiger partial charge in [-0.05, 0) is 19.1 Å². The summed E-state index contributed by atoms with van der Waals surface area (Å²) in [4.78, 5) is 27.4. The van der Waals surface area contributed by atoms with Gasteiger partial charge in [0, 0.05) is 12.3 Å². The SMILES string of the molecule is C=Cn1c(Nc2c(Cl)cccc2C(=O)OCC)nc(C(F)(F)F)cc1=O. The van der Waals surface area contributed by atoms with E-state index in [0.717, 1.165) is 10.8 Å². The molecule has 2 aromatic rings. The highest BCUT2D eigenvalue weighted by atomic mass is 35.5. The van der Waals surface area contributed by atoms with Gasteiger partial charge in [0.25, 0.3) is 5.56 Å². The maximum Gasteiger partial charge on any atom is 0.433 e. The summed E-state index contributed by atoms with van der Waals surface area (Å²) in [5.41, 5.74) is -2.47. The molecule has 1 aromatic heterocycles. The number of halogens is 4. The van der Waals surface area contributed by atoms with Crippen LogP contribution >= 0.6 is 11.6 Å². The molecule has 0 aliphatic heterocycles. The standard InChI is InChI=1S/C16H13ClF3N3O3/c1-3-23-12(24)8-11(16(18,19)20)21-15(23)22-13-9(14(25)26-4-2)6-5-7-10(13)17/h3,5-8H,1,4H2,2H3,(H,21,22). The molecule has 0 aliphatic rings. The first-order chi connectivity index (χ1) is 12.2. The summed E-state index contributed by atoms with van der Waals surface area (Å²) in [6, 6.07) is 4.60. The van der Waals surface area contributed by atoms with Crippen LogP contribution in [0.1, 0.15) is 23.0 Å². The van der Waals surface area contributed by atoms with Crippen molar-refractivity contribution in [3.63, 3.8) is 0 Å². The lowest BCUT2D eigenvalue weighted by Crippen LogP contribution is -2.24. The van der Waals surface area contributed by atoms with Crippen molar-refractivity contribution in [3.05, 3.63) is 57.5 Å². The van der Waals surface area contributed by atoms with Gasteiger partial charge >= 0.3 is 12.1 Å². The Morgan fingerprint density at radius 2 is 2.15 bits per heavy atom. The van der Waals surface area contributed by atoms with Crippen LogP contribution < -0.4 is 10.9 Å². The van der Waals surface area contributed by atoms with Gasteiger partial charge < -0.3 is 10.1 Å². The highest BCUT2D eigenvalue weighted by Crippen LogP contribution is 2.31. The Bertz CT molecular complexity index is 910. The summed E-state index contributed by atoms with van der Waals surface area (Å²) < 4.78 is 44.5. The Labute approximate surface area is 150 Å². The van der Waals surface area contributed by atoms with Gasteiger partial charge in [0.05, 0.1) is 22.9 Å². The van der Waals surface area contributed by atoms with Crippen LogP contribution in [-0.4, -0.2) is 22.1 Å². The molecule has 1 N–H and O–H groups in total. The van der Waals surface area contributed by atoms with Crippen molar-refractivity contribution >= 4 is 35.4 Å². The van der Waals surface area contributed by atoms with Crippen molar-refractivity contribution in [2.24, 2.45) is 0 Å². The molecule has 1 aromatic carbocycles. The van der Waals surface area contributed by atoms with E-state index in [-0.39, 0.29) is 22.9 Å². The summed E-state index contributed by atoms with van der Waals surface area (Å²) in [5.74, 6) is -1.24. The number of anilines is 2. The van der Waals surface area contributed by atoms with E-state index in [1.54, 1.807) is 6.92 Å². The number of hydrogen-bond acceptors (Lipinski definition) is 5. The van der Waals surface area contributed by atoms with E-state index in [4.69, 9.17) is 16.3 Å². The highest BCUT2D eigenvalue weighted by Gasteiger charge is 2.34. The van der Waals surface area contributed by atoms with Crippen LogP contribution in [0, 0.1) is 0 Å². The molecule has 0 fully saturated rings. The third kappa shape index (κ3) is 4.05. The van der Waals surface area contributed by atoms with Crippen molar-refractivity contribution in [2.75, 3.05) is 11.9 Å². The van der Waals surface area contributed by atoms with Crippen molar-refractivity contribution in [1.29, 1.82) is 0 Å². The molecule has 2 rings (SSSR count). The van der Waals surface area contributed by atoms with Crippen LogP contribution in [0.5, 0.6) is 0 Å². The Morgan fingerprint density at radius 3 is 2.73 bits per heavy atom. The van der Waals surface area contributed by atoms with Gasteiger partial charge in [-0.3, -0.25) is 9.36 Å². The smallest absolute Gasteiger partial charge is 0.433 e. The van der Waals surface area contributed by atoms with E-state index in [1.807, 2.05) is 0 Å². The van der Waals surface area contributed by atoms with Crippen molar-refractivity contribution in [2.45, 2.75) is 13.1 Å². The molecule has 0 saturated carbocycles. The van der Waals surface area contributed by atoms with E-state index in [2.05, 4.69) is 16.9 Å². The molecule has 138 valence electrons. The molecule has 0 spiro atoms. The van der Waals surface area contributed by atoms with Crippen LogP contribution in [0.15, 0.2) is 35.6 Å². The second kappa shape index (κ2) is 7.61. The first-order valence-corrected chi connectivity index (χ1v) is 7.62. The quantitative estimate of drug-likeness (QED) is 0.787. The predicted molar refractivity (Wildman–Crippen MR) is 90.6 cm³/mol. The van der Waals surface area contributed by atoms with Gasteiger partial charge in [-0.15, -0.1) is 0 Å². The van der Waals surface area contributed by atoms with Crippen LogP contribution in [0.3, 0.4) is 0 Å². The molecule has 1 heterocycles. The lowest BCUT2D eigenvalue weighted by Gasteiger charge is -2.16. The van der Waals surface area contributed by atoms with Gasteiger partial charge in [0.2, 0.25) is 5.95 Å². The highest BCUT2D eigenvalue weighted by molar-refractivity contribution is 6.34. The zero-order chi connectivity index (χ0) is 19.5. The van der Waals surface area contributed by atoms with Crippen LogP contribution in [-0.2, 0) is 10.9 Å². The van der Waals surface area contributed by atoms with Crippen molar-refractivity contribution in [1.82, 2.24) is 9.55 Å². The number of alkyl halides is 3. The molecule has 0 unspecified atom stereocenters. The van der Waals surface area contributed by atoms with E-state index in [0.29, 0.717) is 6.07 Å². The zero-order valence-electron chi connectivity index (χ0n) is 13.4. The number of para-hydroxylation sites is 1. The predicted octanol–water partition coefficient (Wildman–Crippen LogP) is 3.94. The van der Waals surface area contributed by atoms with Gasteiger partial charge in [0.15, 0.2) is 5.69 Å². The first kappa shape index (κ1) is 19.5. The largest absolute Gasteiger partial charge is 0.462 e. The monoisotopic (exact) mass is 387 g/mol. The molecule has 0 aliphatic carbocycles. The van der Waals surface area contributed by atoms with Crippen LogP contribution in [0.4, 0.5) is 24.8 Å². The number of nitrogens with one attached hydrogen (secondary N) is 1. The molecule has 10 heteroatoms. The maximum atomic E-state index is 12.9. The lowest BCUT2D eigenvalue weighted by molar-refractivity contribution is -0.141. The Kier molecular flexibility index (Phi) is 5.71. The summed E-state index contributed by atoms with van der Waals surface area (Å²) in [7, 11) is 0. The number of carbonyl (C=O) groups is 1. The first-order valence-electron chi connectivity index (χ1n) is 7.25. The Hall–Kier alpha value is -2.81. The van der Waals surface area contributed by atoms with Gasteiger partial charge in [-0.25, -0.2) is 9.78 Å². The summed E-state index contributed by atoms with van der Waals surface area (Å²) >= 11 is 6.06.